The molecule has 12 aromatic carbocycles. The Morgan fingerprint density at radius 1 is 0.288 bits per heavy atom. The molecule has 4 aliphatic heterocycles. The van der Waals surface area contributed by atoms with Crippen molar-refractivity contribution in [1.82, 2.24) is 0 Å². The summed E-state index contributed by atoms with van der Waals surface area (Å²) in [6.45, 7) is 1.47. The van der Waals surface area contributed by atoms with E-state index in [4.69, 9.17) is 56.8 Å². The summed E-state index contributed by atoms with van der Waals surface area (Å²) in [4.78, 5) is 30.2. The molecule has 0 aliphatic carbocycles. The third kappa shape index (κ3) is 16.5. The number of hydrogen-bond acceptors (Lipinski definition) is 14. The van der Waals surface area contributed by atoms with E-state index in [-0.39, 0.29) is 72.1 Å². The molecule has 0 fully saturated rings. The van der Waals surface area contributed by atoms with Crippen LogP contribution in [0.25, 0.3) is 0 Å². The topological polar surface area (TPSA) is 145 Å². The quantitative estimate of drug-likeness (QED) is 0.0474. The van der Waals surface area contributed by atoms with Crippen molar-refractivity contribution in [2.24, 2.45) is 0 Å². The lowest BCUT2D eigenvalue weighted by atomic mass is 9.77. The first-order chi connectivity index (χ1) is 51.3. The molecule has 104 heavy (non-hydrogen) atoms. The molecular formula is C90H76O14. The van der Waals surface area contributed by atoms with Crippen molar-refractivity contribution in [2.45, 2.75) is 102 Å². The van der Waals surface area contributed by atoms with Crippen molar-refractivity contribution >= 4 is 11.9 Å². The average Bonchev–Trinajstić information content (AvgIpc) is 0.818. The second-order valence-electron chi connectivity index (χ2n) is 25.8. The molecule has 0 aromatic heterocycles. The van der Waals surface area contributed by atoms with Crippen LogP contribution in [0.15, 0.2) is 297 Å². The molecule has 5 unspecified atom stereocenters. The molecule has 4 bridgehead atoms. The molecular weight excluding hydrogens is 1300 g/mol. The van der Waals surface area contributed by atoms with Gasteiger partial charge in [0.15, 0.2) is 41.3 Å². The van der Waals surface area contributed by atoms with Crippen LogP contribution in [0.4, 0.5) is 0 Å². The molecule has 4 aliphatic rings. The van der Waals surface area contributed by atoms with Crippen LogP contribution < -0.4 is 47.4 Å². The van der Waals surface area contributed by atoms with Crippen molar-refractivity contribution in [2.75, 3.05) is 0 Å². The van der Waals surface area contributed by atoms with Crippen LogP contribution in [0.3, 0.4) is 0 Å². The fourth-order valence-corrected chi connectivity index (χ4v) is 13.3. The number of benzene rings is 12. The van der Waals surface area contributed by atoms with Gasteiger partial charge in [0, 0.05) is 52.4 Å². The predicted octanol–water partition coefficient (Wildman–Crippen LogP) is 18.9. The van der Waals surface area contributed by atoms with Gasteiger partial charge in [-0.3, -0.25) is 9.59 Å². The summed E-state index contributed by atoms with van der Waals surface area (Å²) in [5, 5.41) is 0. The Morgan fingerprint density at radius 2 is 0.635 bits per heavy atom. The highest BCUT2D eigenvalue weighted by molar-refractivity contribution is 5.79. The summed E-state index contributed by atoms with van der Waals surface area (Å²) in [5.41, 5.74) is 10.1. The largest absolute Gasteiger partial charge is 0.489 e. The fraction of sp³-hybridized carbons (Fsp3) is 0.178. The van der Waals surface area contributed by atoms with Gasteiger partial charge in [-0.1, -0.05) is 255 Å². The molecule has 0 saturated heterocycles. The van der Waals surface area contributed by atoms with Gasteiger partial charge in [-0.15, -0.1) is 0 Å². The molecule has 16 rings (SSSR count). The van der Waals surface area contributed by atoms with E-state index in [1.807, 2.05) is 297 Å². The Kier molecular flexibility index (Phi) is 21.1. The van der Waals surface area contributed by atoms with Crippen LogP contribution in [0, 0.1) is 0 Å². The molecule has 14 heteroatoms. The predicted molar refractivity (Wildman–Crippen MR) is 393 cm³/mol. The number of ether oxygens (including phenoxy) is 12. The van der Waals surface area contributed by atoms with Crippen LogP contribution in [0.1, 0.15) is 103 Å². The Labute approximate surface area is 604 Å². The van der Waals surface area contributed by atoms with Gasteiger partial charge in [0.2, 0.25) is 0 Å². The van der Waals surface area contributed by atoms with Crippen LogP contribution in [-0.2, 0) is 78.3 Å². The summed E-state index contributed by atoms with van der Waals surface area (Å²) in [5.74, 6) is 1.59. The molecule has 14 nitrogen and oxygen atoms in total. The highest BCUT2D eigenvalue weighted by atomic mass is 16.6. The van der Waals surface area contributed by atoms with Gasteiger partial charge in [-0.2, -0.15) is 0 Å². The minimum absolute atomic E-state index is 0.0729. The second-order valence-corrected chi connectivity index (χ2v) is 25.8. The molecule has 520 valence electrons. The SMILES string of the molecule is O=C1CCC(=O)OC2C(c3ccc(OCc4ccccc4)c(OCc4ccccc4)c3)Oc3cc(OCc4ccccc4)cc(OCc4ccccc4)c3C2c2c(OCc3ccccc3)cc(OCc3ccccc3)c3c2OC(c2ccc(OCc4ccccc4)c(OCc4ccccc4)c2)C(C3)O1. The van der Waals surface area contributed by atoms with Gasteiger partial charge >= 0.3 is 11.9 Å². The highest BCUT2D eigenvalue weighted by Crippen LogP contribution is 2.60. The summed E-state index contributed by atoms with van der Waals surface area (Å²) in [7, 11) is 0. The minimum Gasteiger partial charge on any atom is -0.489 e. The van der Waals surface area contributed by atoms with Gasteiger partial charge < -0.3 is 56.8 Å². The first-order valence-electron chi connectivity index (χ1n) is 35.1. The lowest BCUT2D eigenvalue weighted by Crippen LogP contribution is -2.40. The molecule has 0 saturated carbocycles. The zero-order chi connectivity index (χ0) is 70.2. The van der Waals surface area contributed by atoms with Crippen molar-refractivity contribution in [3.8, 4) is 57.5 Å². The normalized spacial score (nSPS) is 16.5. The van der Waals surface area contributed by atoms with Gasteiger partial charge in [0.1, 0.15) is 93.5 Å². The van der Waals surface area contributed by atoms with Crippen molar-refractivity contribution in [3.05, 3.63) is 370 Å². The third-order valence-electron chi connectivity index (χ3n) is 18.5. The molecule has 5 atom stereocenters. The van der Waals surface area contributed by atoms with Crippen LogP contribution in [-0.4, -0.2) is 24.1 Å². The molecule has 12 aromatic rings. The zero-order valence-corrected chi connectivity index (χ0v) is 57.2. The Balaban J connectivity index is 0.963. The molecule has 0 amide bonds. The number of rotatable bonds is 26. The summed E-state index contributed by atoms with van der Waals surface area (Å²) in [6, 6.07) is 96.1. The van der Waals surface area contributed by atoms with E-state index in [1.54, 1.807) is 0 Å². The summed E-state index contributed by atoms with van der Waals surface area (Å²) < 4.78 is 84.5. The first kappa shape index (κ1) is 67.4. The van der Waals surface area contributed by atoms with E-state index >= 15 is 4.79 Å². The van der Waals surface area contributed by atoms with E-state index < -0.39 is 42.3 Å². The van der Waals surface area contributed by atoms with E-state index in [2.05, 4.69) is 0 Å². The van der Waals surface area contributed by atoms with Gasteiger partial charge in [-0.05, 0) is 68.8 Å². The van der Waals surface area contributed by atoms with E-state index in [1.165, 1.54) is 0 Å². The molecule has 0 N–H and O–H groups in total. The number of carbonyl (C=O) groups excluding carboxylic acids is 2. The van der Waals surface area contributed by atoms with E-state index in [0.29, 0.717) is 85.3 Å². The molecule has 4 heterocycles. The molecule has 0 radical (unpaired) electrons. The fourth-order valence-electron chi connectivity index (χ4n) is 13.3. The summed E-state index contributed by atoms with van der Waals surface area (Å²) in [6.07, 6.45) is -5.15. The monoisotopic (exact) mass is 1380 g/mol. The number of hydrogen-bond donors (Lipinski definition) is 0. The smallest absolute Gasteiger partial charge is 0.306 e. The zero-order valence-electron chi connectivity index (χ0n) is 57.2. The molecule has 0 spiro atoms. The lowest BCUT2D eigenvalue weighted by molar-refractivity contribution is -0.162. The number of carbonyl (C=O) groups is 2. The van der Waals surface area contributed by atoms with Crippen LogP contribution >= 0.6 is 0 Å². The van der Waals surface area contributed by atoms with E-state index in [0.717, 1.165) is 44.5 Å². The van der Waals surface area contributed by atoms with Gasteiger partial charge in [-0.25, -0.2) is 0 Å². The van der Waals surface area contributed by atoms with Crippen molar-refractivity contribution in [3.63, 3.8) is 0 Å². The van der Waals surface area contributed by atoms with Crippen molar-refractivity contribution < 1.29 is 66.4 Å². The number of esters is 2. The van der Waals surface area contributed by atoms with Crippen LogP contribution in [0.5, 0.6) is 57.5 Å². The Morgan fingerprint density at radius 3 is 1.05 bits per heavy atom. The van der Waals surface area contributed by atoms with Gasteiger partial charge in [0.25, 0.3) is 0 Å². The summed E-state index contributed by atoms with van der Waals surface area (Å²) >= 11 is 0. The third-order valence-corrected chi connectivity index (χ3v) is 18.5. The average molecular weight is 1380 g/mol. The van der Waals surface area contributed by atoms with Crippen LogP contribution in [0.2, 0.25) is 0 Å². The Bertz CT molecular complexity index is 4840. The standard InChI is InChI=1S/C90H76O14/c91-82-45-46-83(92)103-90-86(84-78(99-59-67-37-21-7-22-38-67)49-71(93-53-61-25-9-1-10-26-61)50-80(84)102-88(90)70-42-44-74(95-55-63-29-13-3-14-30-63)77(48-70)98-58-66-35-19-6-20-36-66)85-79(100-60-68-39-23-8-24-40-68)52-75(96-56-64-31-15-4-16-32-64)72-51-81(101-82)87(104-89(72)85)69-41-43-73(94-54-62-27-11-2-12-28-62)76(47-69)97-57-65-33-17-5-18-34-65/h1-44,47-50,52,81,86-88,90H,45-46,51,53-60H2. The maximum Gasteiger partial charge on any atom is 0.306 e. The van der Waals surface area contributed by atoms with E-state index in [9.17, 15) is 4.79 Å². The second kappa shape index (κ2) is 32.5. The Hall–Kier alpha value is -12.4. The van der Waals surface area contributed by atoms with Crippen molar-refractivity contribution in [1.29, 1.82) is 0 Å². The minimum atomic E-state index is -1.31. The lowest BCUT2D eigenvalue weighted by Gasteiger charge is -2.42. The number of fused-ring (bicyclic) bond motifs is 7. The van der Waals surface area contributed by atoms with Gasteiger partial charge in [0.05, 0.1) is 18.8 Å². The highest BCUT2D eigenvalue weighted by Gasteiger charge is 2.50. The maximum atomic E-state index is 15.4. The maximum absolute atomic E-state index is 15.4. The first-order valence-corrected chi connectivity index (χ1v) is 35.1.